The SMILES string of the molecule is CCCCCCN1CC(=O)NC(Cc2ccccc2)C1=O. The second-order valence-electron chi connectivity index (χ2n) is 5.63. The minimum atomic E-state index is -0.417. The molecule has 1 fully saturated rings. The van der Waals surface area contributed by atoms with Gasteiger partial charge in [0.05, 0.1) is 6.54 Å². The fourth-order valence-corrected chi connectivity index (χ4v) is 2.68. The minimum absolute atomic E-state index is 0.0500. The number of rotatable bonds is 7. The van der Waals surface area contributed by atoms with E-state index in [2.05, 4.69) is 12.2 Å². The van der Waals surface area contributed by atoms with E-state index in [0.29, 0.717) is 13.0 Å². The molecule has 21 heavy (non-hydrogen) atoms. The highest BCUT2D eigenvalue weighted by molar-refractivity contribution is 5.95. The van der Waals surface area contributed by atoms with Gasteiger partial charge in [0.2, 0.25) is 11.8 Å². The molecule has 114 valence electrons. The lowest BCUT2D eigenvalue weighted by Crippen LogP contribution is -2.58. The summed E-state index contributed by atoms with van der Waals surface area (Å²) in [6.07, 6.45) is 5.01. The summed E-state index contributed by atoms with van der Waals surface area (Å²) in [5.41, 5.74) is 1.07. The summed E-state index contributed by atoms with van der Waals surface area (Å²) < 4.78 is 0. The lowest BCUT2D eigenvalue weighted by atomic mass is 10.0. The first-order valence-corrected chi connectivity index (χ1v) is 7.82. The molecule has 4 heteroatoms. The highest BCUT2D eigenvalue weighted by Crippen LogP contribution is 2.11. The van der Waals surface area contributed by atoms with Crippen LogP contribution in [0.1, 0.15) is 38.2 Å². The van der Waals surface area contributed by atoms with Crippen molar-refractivity contribution in [1.82, 2.24) is 10.2 Å². The van der Waals surface area contributed by atoms with Gasteiger partial charge in [-0.15, -0.1) is 0 Å². The Balaban J connectivity index is 1.92. The molecule has 1 heterocycles. The van der Waals surface area contributed by atoms with E-state index in [4.69, 9.17) is 0 Å². The smallest absolute Gasteiger partial charge is 0.245 e. The summed E-state index contributed by atoms with van der Waals surface area (Å²) in [7, 11) is 0. The first kappa shape index (κ1) is 15.5. The summed E-state index contributed by atoms with van der Waals surface area (Å²) in [6.45, 7) is 3.06. The third-order valence-electron chi connectivity index (χ3n) is 3.84. The van der Waals surface area contributed by atoms with Crippen molar-refractivity contribution in [2.45, 2.75) is 45.1 Å². The van der Waals surface area contributed by atoms with Gasteiger partial charge in [-0.3, -0.25) is 9.59 Å². The average Bonchev–Trinajstić information content (AvgIpc) is 2.49. The lowest BCUT2D eigenvalue weighted by molar-refractivity contribution is -0.144. The largest absolute Gasteiger partial charge is 0.342 e. The number of nitrogens with zero attached hydrogens (tertiary/aromatic N) is 1. The normalized spacial score (nSPS) is 18.7. The van der Waals surface area contributed by atoms with Crippen LogP contribution in [0.2, 0.25) is 0 Å². The van der Waals surface area contributed by atoms with Crippen LogP contribution in [-0.4, -0.2) is 35.8 Å². The maximum atomic E-state index is 12.5. The summed E-state index contributed by atoms with van der Waals surface area (Å²) in [6, 6.07) is 9.41. The molecular weight excluding hydrogens is 264 g/mol. The van der Waals surface area contributed by atoms with Crippen molar-refractivity contribution < 1.29 is 9.59 Å². The Morgan fingerprint density at radius 1 is 1.14 bits per heavy atom. The standard InChI is InChI=1S/C17H24N2O2/c1-2-3-4-8-11-19-13-16(20)18-15(17(19)21)12-14-9-6-5-7-10-14/h5-7,9-10,15H,2-4,8,11-13H2,1H3,(H,18,20). The van der Waals surface area contributed by atoms with E-state index in [0.717, 1.165) is 18.4 Å². The van der Waals surface area contributed by atoms with Gasteiger partial charge in [-0.25, -0.2) is 0 Å². The third-order valence-corrected chi connectivity index (χ3v) is 3.84. The van der Waals surface area contributed by atoms with Gasteiger partial charge in [-0.2, -0.15) is 0 Å². The van der Waals surface area contributed by atoms with E-state index in [9.17, 15) is 9.59 Å². The number of hydrogen-bond acceptors (Lipinski definition) is 2. The Kier molecular flexibility index (Phi) is 5.78. The quantitative estimate of drug-likeness (QED) is 0.781. The van der Waals surface area contributed by atoms with Crippen molar-refractivity contribution in [1.29, 1.82) is 0 Å². The molecule has 2 rings (SSSR count). The van der Waals surface area contributed by atoms with Crippen molar-refractivity contribution in [3.8, 4) is 0 Å². The Hall–Kier alpha value is -1.84. The predicted octanol–water partition coefficient (Wildman–Crippen LogP) is 2.14. The molecule has 1 aliphatic rings. The van der Waals surface area contributed by atoms with Crippen molar-refractivity contribution >= 4 is 11.8 Å². The van der Waals surface area contributed by atoms with Crippen LogP contribution >= 0.6 is 0 Å². The molecule has 1 atom stereocenters. The second kappa shape index (κ2) is 7.81. The van der Waals surface area contributed by atoms with E-state index in [-0.39, 0.29) is 18.4 Å². The first-order valence-electron chi connectivity index (χ1n) is 7.82. The highest BCUT2D eigenvalue weighted by Gasteiger charge is 2.32. The fraction of sp³-hybridized carbons (Fsp3) is 0.529. The molecule has 0 aromatic heterocycles. The molecule has 0 bridgehead atoms. The first-order chi connectivity index (χ1) is 10.2. The van der Waals surface area contributed by atoms with Crippen molar-refractivity contribution in [3.05, 3.63) is 35.9 Å². The molecule has 4 nitrogen and oxygen atoms in total. The van der Waals surface area contributed by atoms with Crippen LogP contribution in [-0.2, 0) is 16.0 Å². The van der Waals surface area contributed by atoms with Crippen LogP contribution in [0, 0.1) is 0 Å². The van der Waals surface area contributed by atoms with Crippen molar-refractivity contribution in [2.24, 2.45) is 0 Å². The minimum Gasteiger partial charge on any atom is -0.342 e. The van der Waals surface area contributed by atoms with E-state index in [1.807, 2.05) is 30.3 Å². The number of benzene rings is 1. The van der Waals surface area contributed by atoms with E-state index >= 15 is 0 Å². The molecular formula is C17H24N2O2. The molecule has 1 aromatic carbocycles. The summed E-state index contributed by atoms with van der Waals surface area (Å²) in [4.78, 5) is 26.0. The summed E-state index contributed by atoms with van der Waals surface area (Å²) in [5.74, 6) is 0.000902. The monoisotopic (exact) mass is 288 g/mol. The van der Waals surface area contributed by atoms with Crippen LogP contribution in [0.3, 0.4) is 0 Å². The molecule has 1 aliphatic heterocycles. The van der Waals surface area contributed by atoms with Crippen LogP contribution in [0.15, 0.2) is 30.3 Å². The van der Waals surface area contributed by atoms with Gasteiger partial charge in [0, 0.05) is 13.0 Å². The van der Waals surface area contributed by atoms with Gasteiger partial charge >= 0.3 is 0 Å². The Bertz CT molecular complexity index is 473. The number of piperazine rings is 1. The second-order valence-corrected chi connectivity index (χ2v) is 5.63. The lowest BCUT2D eigenvalue weighted by Gasteiger charge is -2.32. The van der Waals surface area contributed by atoms with Gasteiger partial charge in [0.1, 0.15) is 6.04 Å². The fourth-order valence-electron chi connectivity index (χ4n) is 2.68. The molecule has 1 unspecified atom stereocenters. The van der Waals surface area contributed by atoms with Crippen LogP contribution < -0.4 is 5.32 Å². The van der Waals surface area contributed by atoms with E-state index in [1.165, 1.54) is 12.8 Å². The molecule has 0 radical (unpaired) electrons. The van der Waals surface area contributed by atoms with Gasteiger partial charge in [0.15, 0.2) is 0 Å². The number of unbranched alkanes of at least 4 members (excludes halogenated alkanes) is 3. The number of nitrogens with one attached hydrogen (secondary N) is 1. The Morgan fingerprint density at radius 2 is 1.90 bits per heavy atom. The average molecular weight is 288 g/mol. The zero-order valence-electron chi connectivity index (χ0n) is 12.7. The number of carbonyl (C=O) groups excluding carboxylic acids is 2. The van der Waals surface area contributed by atoms with Gasteiger partial charge in [-0.1, -0.05) is 56.5 Å². The number of amides is 2. The molecule has 1 aromatic rings. The van der Waals surface area contributed by atoms with Crippen LogP contribution in [0.25, 0.3) is 0 Å². The van der Waals surface area contributed by atoms with E-state index < -0.39 is 6.04 Å². The topological polar surface area (TPSA) is 49.4 Å². The Morgan fingerprint density at radius 3 is 2.62 bits per heavy atom. The maximum Gasteiger partial charge on any atom is 0.245 e. The molecule has 0 saturated carbocycles. The predicted molar refractivity (Wildman–Crippen MR) is 82.8 cm³/mol. The molecule has 1 saturated heterocycles. The summed E-state index contributed by atoms with van der Waals surface area (Å²) >= 11 is 0. The molecule has 0 spiro atoms. The molecule has 1 N–H and O–H groups in total. The van der Waals surface area contributed by atoms with Crippen molar-refractivity contribution in [3.63, 3.8) is 0 Å². The van der Waals surface area contributed by atoms with Crippen LogP contribution in [0.4, 0.5) is 0 Å². The zero-order chi connectivity index (χ0) is 15.1. The van der Waals surface area contributed by atoms with Crippen molar-refractivity contribution in [2.75, 3.05) is 13.1 Å². The highest BCUT2D eigenvalue weighted by atomic mass is 16.2. The van der Waals surface area contributed by atoms with Gasteiger partial charge in [0.25, 0.3) is 0 Å². The van der Waals surface area contributed by atoms with Gasteiger partial charge in [-0.05, 0) is 12.0 Å². The molecule has 0 aliphatic carbocycles. The zero-order valence-corrected chi connectivity index (χ0v) is 12.7. The van der Waals surface area contributed by atoms with E-state index in [1.54, 1.807) is 4.90 Å². The number of carbonyl (C=O) groups is 2. The summed E-state index contributed by atoms with van der Waals surface area (Å²) in [5, 5.41) is 2.82. The van der Waals surface area contributed by atoms with Crippen LogP contribution in [0.5, 0.6) is 0 Å². The molecule has 2 amide bonds. The third kappa shape index (κ3) is 4.59. The maximum absolute atomic E-state index is 12.5. The number of hydrogen-bond donors (Lipinski definition) is 1. The van der Waals surface area contributed by atoms with Gasteiger partial charge < -0.3 is 10.2 Å². The Labute approximate surface area is 126 Å².